The number of hydrogen-bond acceptors (Lipinski definition) is 13. The Bertz CT molecular complexity index is 2940. The molecule has 1 unspecified atom stereocenters. The Kier molecular flexibility index (Phi) is 11.7. The number of likely N-dealkylation sites (tertiary alicyclic amines) is 1. The number of rotatable bonds is 13. The second-order valence-corrected chi connectivity index (χ2v) is 21.5. The fraction of sp³-hybridized carbons (Fsp3) is 0.469. The van der Waals surface area contributed by atoms with E-state index in [4.69, 9.17) is 9.72 Å². The van der Waals surface area contributed by atoms with E-state index in [1.807, 2.05) is 6.07 Å². The minimum atomic E-state index is -4.77. The molecule has 17 nitrogen and oxygen atoms in total. The number of hydrogen-bond donors (Lipinski definition) is 5. The highest BCUT2D eigenvalue weighted by Crippen LogP contribution is 2.54. The lowest BCUT2D eigenvalue weighted by atomic mass is 9.60. The van der Waals surface area contributed by atoms with Crippen LogP contribution < -0.4 is 19.7 Å². The largest absolute Gasteiger partial charge is 0.455 e. The quantitative estimate of drug-likeness (QED) is 0.0540. The number of nitro benzene ring substituents is 1. The number of piperidine rings is 1. The third kappa shape index (κ3) is 8.82. The molecule has 2 saturated heterocycles. The number of H-pyrrole nitrogens is 2. The number of pyridine rings is 2. The van der Waals surface area contributed by atoms with Crippen LogP contribution >= 0.6 is 0 Å². The minimum absolute atomic E-state index is 0.0693. The van der Waals surface area contributed by atoms with E-state index in [-0.39, 0.29) is 39.4 Å². The van der Waals surface area contributed by atoms with Gasteiger partial charge in [-0.1, -0.05) is 38.1 Å². The number of aromatic amines is 2. The summed E-state index contributed by atoms with van der Waals surface area (Å²) < 4.78 is 36.8. The number of carbonyl (C=O) groups excluding carboxylic acids is 1. The van der Waals surface area contributed by atoms with Gasteiger partial charge in [-0.05, 0) is 118 Å². The molecule has 2 saturated carbocycles. The molecule has 2 aliphatic carbocycles. The summed E-state index contributed by atoms with van der Waals surface area (Å²) in [4.78, 5) is 49.7. The number of nitrogens with one attached hydrogen (secondary N) is 4. The van der Waals surface area contributed by atoms with E-state index in [2.05, 4.69) is 77.9 Å². The van der Waals surface area contributed by atoms with Crippen molar-refractivity contribution < 1.29 is 28.0 Å². The molecule has 10 rings (SSSR count). The summed E-state index contributed by atoms with van der Waals surface area (Å²) in [7, 11) is -4.77. The molecule has 6 aromatic rings. The van der Waals surface area contributed by atoms with Crippen molar-refractivity contribution in [3.05, 3.63) is 100 Å². The van der Waals surface area contributed by atoms with Gasteiger partial charge in [-0.25, -0.2) is 28.1 Å². The second kappa shape index (κ2) is 17.5. The van der Waals surface area contributed by atoms with Crippen LogP contribution in [0.4, 0.5) is 17.2 Å². The van der Waals surface area contributed by atoms with Crippen LogP contribution in [0.3, 0.4) is 0 Å². The highest BCUT2D eigenvalue weighted by Gasteiger charge is 2.50. The van der Waals surface area contributed by atoms with Gasteiger partial charge in [-0.3, -0.25) is 19.8 Å². The summed E-state index contributed by atoms with van der Waals surface area (Å²) in [6.45, 7) is 9.40. The number of nitro groups is 1. The number of amides is 1. The molecular weight excluding hydrogens is 873 g/mol. The minimum Gasteiger partial charge on any atom is -0.455 e. The van der Waals surface area contributed by atoms with Crippen molar-refractivity contribution in [2.45, 2.75) is 113 Å². The van der Waals surface area contributed by atoms with Crippen LogP contribution in [0.25, 0.3) is 22.1 Å². The second-order valence-electron chi connectivity index (χ2n) is 19.9. The first kappa shape index (κ1) is 44.7. The normalized spacial score (nSPS) is 22.4. The molecule has 6 heterocycles. The molecule has 0 bridgehead atoms. The van der Waals surface area contributed by atoms with Gasteiger partial charge < -0.3 is 30.0 Å². The molecule has 4 aromatic heterocycles. The fourth-order valence-corrected chi connectivity index (χ4v) is 12.4. The molecule has 5 N–H and O–H groups in total. The molecule has 4 fully saturated rings. The Morgan fingerprint density at radius 3 is 2.54 bits per heavy atom. The lowest BCUT2D eigenvalue weighted by Gasteiger charge is -2.56. The topological polar surface area (TPSA) is 225 Å². The molecule has 1 atom stereocenters. The fourth-order valence-electron chi connectivity index (χ4n) is 11.2. The van der Waals surface area contributed by atoms with Crippen LogP contribution in [0.1, 0.15) is 118 Å². The lowest BCUT2D eigenvalue weighted by Crippen LogP contribution is -2.55. The Morgan fingerprint density at radius 1 is 1.00 bits per heavy atom. The van der Waals surface area contributed by atoms with Gasteiger partial charge in [0.15, 0.2) is 0 Å². The van der Waals surface area contributed by atoms with Crippen molar-refractivity contribution in [1.29, 1.82) is 0 Å². The first-order valence-corrected chi connectivity index (χ1v) is 25.0. The van der Waals surface area contributed by atoms with Gasteiger partial charge in [0.2, 0.25) is 0 Å². The van der Waals surface area contributed by atoms with E-state index in [0.29, 0.717) is 54.6 Å². The molecule has 2 aromatic carbocycles. The number of anilines is 2. The maximum Gasteiger partial charge on any atom is 0.296 e. The smallest absolute Gasteiger partial charge is 0.296 e. The van der Waals surface area contributed by atoms with Gasteiger partial charge in [0.25, 0.3) is 21.6 Å². The highest BCUT2D eigenvalue weighted by molar-refractivity contribution is 7.90. The van der Waals surface area contributed by atoms with Crippen molar-refractivity contribution >= 4 is 55.2 Å². The van der Waals surface area contributed by atoms with Crippen molar-refractivity contribution in [2.75, 3.05) is 36.4 Å². The van der Waals surface area contributed by atoms with Gasteiger partial charge in [0.05, 0.1) is 28.6 Å². The zero-order chi connectivity index (χ0) is 46.7. The number of benzene rings is 2. The number of aliphatic hydroxyl groups is 1. The molecule has 18 heteroatoms. The van der Waals surface area contributed by atoms with Gasteiger partial charge in [0.1, 0.15) is 44.6 Å². The van der Waals surface area contributed by atoms with E-state index in [0.717, 1.165) is 56.8 Å². The number of carbonyl (C=O) groups is 1. The Morgan fingerprint density at radius 2 is 1.78 bits per heavy atom. The Labute approximate surface area is 389 Å². The van der Waals surface area contributed by atoms with E-state index < -0.39 is 37.0 Å². The zero-order valence-corrected chi connectivity index (χ0v) is 38.9. The van der Waals surface area contributed by atoms with Crippen LogP contribution in [-0.4, -0.2) is 92.0 Å². The highest BCUT2D eigenvalue weighted by atomic mass is 32.2. The van der Waals surface area contributed by atoms with Crippen LogP contribution in [0.2, 0.25) is 0 Å². The first-order chi connectivity index (χ1) is 32.2. The first-order valence-electron chi connectivity index (χ1n) is 23.5. The predicted molar refractivity (Wildman–Crippen MR) is 255 cm³/mol. The number of sulfonamides is 1. The summed E-state index contributed by atoms with van der Waals surface area (Å²) in [6.07, 6.45) is 15.3. The summed E-state index contributed by atoms with van der Waals surface area (Å²) >= 11 is 0. The van der Waals surface area contributed by atoms with Crippen LogP contribution in [-0.2, 0) is 10.0 Å². The van der Waals surface area contributed by atoms with Crippen molar-refractivity contribution in [3.63, 3.8) is 0 Å². The molecule has 1 spiro atoms. The summed E-state index contributed by atoms with van der Waals surface area (Å²) in [6, 6.07) is 16.2. The molecule has 4 aliphatic rings. The van der Waals surface area contributed by atoms with E-state index in [1.165, 1.54) is 55.5 Å². The third-order valence-corrected chi connectivity index (χ3v) is 16.4. The van der Waals surface area contributed by atoms with E-state index >= 15 is 0 Å². The SMILES string of the molecule is CC(C)c1ccccc1C1CCCN1C1CC2(CCN(c3cc(Oc4cnc5[nH]ccc5c4)c(C(=O)NS(=O)(=O)c4cc([N+](=O)[O-])c(NCC5CCC(C)(O)CC5)c5[nH]cnc45)cn3)CC2)C1. The standard InChI is InChI=1S/C49H58N10O7S/c1-30(2)35-7-4-5-8-36(35)38-9-6-18-58(38)33-24-49(25-33)15-19-57(20-16-49)42-23-40(66-34-21-32-12-17-50-46(32)53-27-34)37(28-51-42)47(60)56-67(64,65)41-22-39(59(62)63)43(45-44(41)54-29-55-45)52-26-31-10-13-48(3,61)14-11-31/h4-5,7-8,12,17,21-23,27-31,33,38,52,61H,6,9-11,13-16,18-20,24-26H2,1-3H3,(H,50,53)(H,54,55)(H,56,60). The maximum absolute atomic E-state index is 14.2. The zero-order valence-electron chi connectivity index (χ0n) is 38.1. The predicted octanol–water partition coefficient (Wildman–Crippen LogP) is 8.72. The Hall–Kier alpha value is -6.11. The van der Waals surface area contributed by atoms with Gasteiger partial charge in [0, 0.05) is 61.6 Å². The summed E-state index contributed by atoms with van der Waals surface area (Å²) in [5.74, 6) is 0.574. The van der Waals surface area contributed by atoms with Crippen LogP contribution in [0, 0.1) is 21.4 Å². The molecule has 0 radical (unpaired) electrons. The summed E-state index contributed by atoms with van der Waals surface area (Å²) in [5, 5.41) is 26.8. The maximum atomic E-state index is 14.2. The average molecular weight is 931 g/mol. The van der Waals surface area contributed by atoms with E-state index in [1.54, 1.807) is 25.3 Å². The third-order valence-electron chi connectivity index (χ3n) is 15.0. The monoisotopic (exact) mass is 930 g/mol. The number of fused-ring (bicyclic) bond motifs is 2. The van der Waals surface area contributed by atoms with E-state index in [9.17, 15) is 28.4 Å². The number of imidazole rings is 1. The summed E-state index contributed by atoms with van der Waals surface area (Å²) in [5.41, 5.74) is 2.58. The van der Waals surface area contributed by atoms with Crippen molar-refractivity contribution in [2.24, 2.45) is 11.3 Å². The van der Waals surface area contributed by atoms with Crippen LogP contribution in [0.15, 0.2) is 78.3 Å². The molecule has 67 heavy (non-hydrogen) atoms. The van der Waals surface area contributed by atoms with Gasteiger partial charge in [-0.2, -0.15) is 0 Å². The van der Waals surface area contributed by atoms with Crippen molar-refractivity contribution in [3.8, 4) is 11.5 Å². The number of nitrogens with zero attached hydrogens (tertiary/aromatic N) is 6. The number of ether oxygens (including phenoxy) is 1. The van der Waals surface area contributed by atoms with Gasteiger partial charge >= 0.3 is 0 Å². The Balaban J connectivity index is 0.871. The molecule has 352 valence electrons. The van der Waals surface area contributed by atoms with Crippen molar-refractivity contribution in [1.82, 2.24) is 34.5 Å². The number of aromatic nitrogens is 5. The molecular formula is C49H58N10O7S. The molecule has 2 aliphatic heterocycles. The van der Waals surface area contributed by atoms with Gasteiger partial charge in [-0.15, -0.1) is 0 Å². The van der Waals surface area contributed by atoms with Crippen LogP contribution in [0.5, 0.6) is 11.5 Å². The average Bonchev–Trinajstić information content (AvgIpc) is 4.09. The lowest BCUT2D eigenvalue weighted by molar-refractivity contribution is -0.384. The molecule has 1 amide bonds.